The minimum atomic E-state index is 0.0273. The number of anilines is 1. The predicted octanol–water partition coefficient (Wildman–Crippen LogP) is 3.40. The van der Waals surface area contributed by atoms with Crippen molar-refractivity contribution in [3.8, 4) is 0 Å². The molecular weight excluding hydrogens is 236 g/mol. The fraction of sp³-hybridized carbons (Fsp3) is 0.562. The third-order valence-corrected chi connectivity index (χ3v) is 3.38. The van der Waals surface area contributed by atoms with Crippen molar-refractivity contribution in [2.24, 2.45) is 11.7 Å². The first-order chi connectivity index (χ1) is 8.90. The Labute approximate surface area is 116 Å². The molecule has 0 saturated heterocycles. The minimum Gasteiger partial charge on any atom is -0.328 e. The molecule has 1 aromatic rings. The summed E-state index contributed by atoms with van der Waals surface area (Å²) in [5.74, 6) is 0.121. The smallest absolute Gasteiger partial charge is 0.227 e. The Morgan fingerprint density at radius 2 is 1.95 bits per heavy atom. The molecule has 3 N–H and O–H groups in total. The number of nitrogens with two attached hydrogens (primary N) is 1. The van der Waals surface area contributed by atoms with E-state index in [1.807, 2.05) is 32.9 Å². The number of hydrogen-bond donors (Lipinski definition) is 2. The first-order valence-electron chi connectivity index (χ1n) is 7.04. The van der Waals surface area contributed by atoms with Crippen LogP contribution in [0.4, 0.5) is 5.69 Å². The number of nitrogens with one attached hydrogen (secondary N) is 1. The van der Waals surface area contributed by atoms with Gasteiger partial charge in [-0.1, -0.05) is 31.0 Å². The standard InChI is InChI=1S/C16H26N2O/c1-11-8-9-15(13(3)10-11)18-16(19)12(2)6-5-7-14(4)17/h8-10,12,14H,5-7,17H2,1-4H3,(H,18,19). The summed E-state index contributed by atoms with van der Waals surface area (Å²) in [5.41, 5.74) is 8.94. The second-order valence-electron chi connectivity index (χ2n) is 5.62. The fourth-order valence-electron chi connectivity index (χ4n) is 2.09. The van der Waals surface area contributed by atoms with Crippen LogP contribution in [0.15, 0.2) is 18.2 Å². The van der Waals surface area contributed by atoms with Gasteiger partial charge in [0.25, 0.3) is 0 Å². The highest BCUT2D eigenvalue weighted by molar-refractivity contribution is 5.93. The number of rotatable bonds is 6. The van der Waals surface area contributed by atoms with Gasteiger partial charge in [0.1, 0.15) is 0 Å². The number of aryl methyl sites for hydroxylation is 2. The highest BCUT2D eigenvalue weighted by atomic mass is 16.1. The molecule has 2 atom stereocenters. The molecule has 1 rings (SSSR count). The van der Waals surface area contributed by atoms with E-state index < -0.39 is 0 Å². The second kappa shape index (κ2) is 7.29. The van der Waals surface area contributed by atoms with E-state index in [0.717, 1.165) is 30.5 Å². The summed E-state index contributed by atoms with van der Waals surface area (Å²) < 4.78 is 0. The SMILES string of the molecule is Cc1ccc(NC(=O)C(C)CCCC(C)N)c(C)c1. The van der Waals surface area contributed by atoms with Crippen LogP contribution in [0, 0.1) is 19.8 Å². The van der Waals surface area contributed by atoms with E-state index in [1.165, 1.54) is 5.56 Å². The molecule has 0 aromatic heterocycles. The normalized spacial score (nSPS) is 13.9. The van der Waals surface area contributed by atoms with Crippen LogP contribution < -0.4 is 11.1 Å². The Hall–Kier alpha value is -1.35. The molecule has 0 saturated carbocycles. The lowest BCUT2D eigenvalue weighted by atomic mass is 10.0. The Bertz CT molecular complexity index is 427. The molecule has 1 amide bonds. The molecule has 19 heavy (non-hydrogen) atoms. The quantitative estimate of drug-likeness (QED) is 0.825. The maximum atomic E-state index is 12.1. The number of amides is 1. The lowest BCUT2D eigenvalue weighted by Crippen LogP contribution is -2.22. The Kier molecular flexibility index (Phi) is 6.03. The van der Waals surface area contributed by atoms with E-state index in [1.54, 1.807) is 0 Å². The molecule has 106 valence electrons. The van der Waals surface area contributed by atoms with Crippen molar-refractivity contribution in [1.82, 2.24) is 0 Å². The lowest BCUT2D eigenvalue weighted by molar-refractivity contribution is -0.119. The van der Waals surface area contributed by atoms with Gasteiger partial charge in [0.05, 0.1) is 0 Å². The van der Waals surface area contributed by atoms with Gasteiger partial charge < -0.3 is 11.1 Å². The van der Waals surface area contributed by atoms with Gasteiger partial charge in [-0.15, -0.1) is 0 Å². The number of carbonyl (C=O) groups is 1. The maximum absolute atomic E-state index is 12.1. The Balaban J connectivity index is 2.49. The van der Waals surface area contributed by atoms with Gasteiger partial charge in [0.2, 0.25) is 5.91 Å². The van der Waals surface area contributed by atoms with Gasteiger partial charge in [0.15, 0.2) is 0 Å². The molecule has 0 heterocycles. The van der Waals surface area contributed by atoms with Gasteiger partial charge in [-0.3, -0.25) is 4.79 Å². The average molecular weight is 262 g/mol. The van der Waals surface area contributed by atoms with Crippen LogP contribution >= 0.6 is 0 Å². The van der Waals surface area contributed by atoms with E-state index in [9.17, 15) is 4.79 Å². The highest BCUT2D eigenvalue weighted by Crippen LogP contribution is 2.18. The van der Waals surface area contributed by atoms with Crippen molar-refractivity contribution in [2.45, 2.75) is 53.0 Å². The molecule has 2 unspecified atom stereocenters. The third kappa shape index (κ3) is 5.43. The molecule has 0 aliphatic carbocycles. The summed E-state index contributed by atoms with van der Waals surface area (Å²) in [6.07, 6.45) is 2.86. The summed E-state index contributed by atoms with van der Waals surface area (Å²) in [7, 11) is 0. The molecule has 0 bridgehead atoms. The topological polar surface area (TPSA) is 55.1 Å². The highest BCUT2D eigenvalue weighted by Gasteiger charge is 2.13. The van der Waals surface area contributed by atoms with Crippen LogP contribution in [0.2, 0.25) is 0 Å². The zero-order chi connectivity index (χ0) is 14.4. The second-order valence-corrected chi connectivity index (χ2v) is 5.62. The summed E-state index contributed by atoms with van der Waals surface area (Å²) in [6, 6.07) is 6.28. The van der Waals surface area contributed by atoms with Gasteiger partial charge in [-0.05, 0) is 45.2 Å². The van der Waals surface area contributed by atoms with Crippen molar-refractivity contribution in [3.63, 3.8) is 0 Å². The fourth-order valence-corrected chi connectivity index (χ4v) is 2.09. The van der Waals surface area contributed by atoms with Crippen LogP contribution in [0.3, 0.4) is 0 Å². The van der Waals surface area contributed by atoms with Gasteiger partial charge >= 0.3 is 0 Å². The summed E-state index contributed by atoms with van der Waals surface area (Å²) in [5, 5.41) is 3.01. The summed E-state index contributed by atoms with van der Waals surface area (Å²) in [4.78, 5) is 12.1. The van der Waals surface area contributed by atoms with Crippen molar-refractivity contribution >= 4 is 11.6 Å². The molecular formula is C16H26N2O. The van der Waals surface area contributed by atoms with E-state index in [0.29, 0.717) is 0 Å². The molecule has 0 aliphatic rings. The van der Waals surface area contributed by atoms with Crippen molar-refractivity contribution < 1.29 is 4.79 Å². The molecule has 0 radical (unpaired) electrons. The Morgan fingerprint density at radius 3 is 2.53 bits per heavy atom. The van der Waals surface area contributed by atoms with Crippen LogP contribution in [0.1, 0.15) is 44.2 Å². The predicted molar refractivity (Wildman–Crippen MR) is 81.2 cm³/mol. The zero-order valence-corrected chi connectivity index (χ0v) is 12.5. The van der Waals surface area contributed by atoms with Crippen molar-refractivity contribution in [2.75, 3.05) is 5.32 Å². The summed E-state index contributed by atoms with van der Waals surface area (Å²) >= 11 is 0. The van der Waals surface area contributed by atoms with E-state index >= 15 is 0 Å². The lowest BCUT2D eigenvalue weighted by Gasteiger charge is -2.14. The maximum Gasteiger partial charge on any atom is 0.227 e. The largest absolute Gasteiger partial charge is 0.328 e. The Morgan fingerprint density at radius 1 is 1.26 bits per heavy atom. The van der Waals surface area contributed by atoms with E-state index in [2.05, 4.69) is 18.3 Å². The van der Waals surface area contributed by atoms with Crippen molar-refractivity contribution in [3.05, 3.63) is 29.3 Å². The van der Waals surface area contributed by atoms with Gasteiger partial charge in [0, 0.05) is 17.6 Å². The van der Waals surface area contributed by atoms with Gasteiger partial charge in [-0.2, -0.15) is 0 Å². The number of carbonyl (C=O) groups excluding carboxylic acids is 1. The third-order valence-electron chi connectivity index (χ3n) is 3.38. The molecule has 3 heteroatoms. The molecule has 1 aromatic carbocycles. The van der Waals surface area contributed by atoms with Crippen molar-refractivity contribution in [1.29, 1.82) is 0 Å². The number of hydrogen-bond acceptors (Lipinski definition) is 2. The van der Waals surface area contributed by atoms with E-state index in [4.69, 9.17) is 5.73 Å². The van der Waals surface area contributed by atoms with E-state index in [-0.39, 0.29) is 17.9 Å². The van der Waals surface area contributed by atoms with Crippen LogP contribution in [-0.4, -0.2) is 11.9 Å². The summed E-state index contributed by atoms with van der Waals surface area (Å²) in [6.45, 7) is 8.04. The number of benzene rings is 1. The van der Waals surface area contributed by atoms with Crippen LogP contribution in [0.5, 0.6) is 0 Å². The first-order valence-corrected chi connectivity index (χ1v) is 7.04. The molecule has 0 spiro atoms. The van der Waals surface area contributed by atoms with Gasteiger partial charge in [-0.25, -0.2) is 0 Å². The average Bonchev–Trinajstić information content (AvgIpc) is 2.32. The monoisotopic (exact) mass is 262 g/mol. The zero-order valence-electron chi connectivity index (χ0n) is 12.5. The van der Waals surface area contributed by atoms with Crippen LogP contribution in [-0.2, 0) is 4.79 Å². The molecule has 0 aliphatic heterocycles. The molecule has 0 fully saturated rings. The molecule has 3 nitrogen and oxygen atoms in total. The minimum absolute atomic E-state index is 0.0273. The van der Waals surface area contributed by atoms with Crippen LogP contribution in [0.25, 0.3) is 0 Å². The first kappa shape index (κ1) is 15.7.